The second-order valence-corrected chi connectivity index (χ2v) is 7.97. The summed E-state index contributed by atoms with van der Waals surface area (Å²) < 4.78 is 7.26. The molecular formula is C20H32N6O2. The molecule has 3 rings (SSSR count). The van der Waals surface area contributed by atoms with Gasteiger partial charge in [-0.3, -0.25) is 10.00 Å². The van der Waals surface area contributed by atoms with Crippen LogP contribution in [0.4, 0.5) is 10.6 Å². The van der Waals surface area contributed by atoms with Crippen molar-refractivity contribution in [1.29, 1.82) is 0 Å². The number of hydrogen-bond donors (Lipinski definition) is 1. The van der Waals surface area contributed by atoms with Crippen molar-refractivity contribution in [3.63, 3.8) is 0 Å². The second kappa shape index (κ2) is 8.75. The van der Waals surface area contributed by atoms with Gasteiger partial charge in [-0.05, 0) is 31.6 Å². The normalized spacial score (nSPS) is 17.4. The lowest BCUT2D eigenvalue weighted by molar-refractivity contribution is 0.184. The first kappa shape index (κ1) is 20.4. The van der Waals surface area contributed by atoms with E-state index < -0.39 is 0 Å². The summed E-state index contributed by atoms with van der Waals surface area (Å²) in [7, 11) is 1.88. The van der Waals surface area contributed by atoms with Crippen molar-refractivity contribution in [3.8, 4) is 0 Å². The summed E-state index contributed by atoms with van der Waals surface area (Å²) in [6.45, 7) is 9.77. The minimum absolute atomic E-state index is 0.0908. The smallest absolute Gasteiger partial charge is 0.323 e. The zero-order valence-electron chi connectivity index (χ0n) is 17.7. The van der Waals surface area contributed by atoms with Crippen molar-refractivity contribution in [1.82, 2.24) is 24.8 Å². The predicted octanol–water partition coefficient (Wildman–Crippen LogP) is 3.54. The molecule has 1 N–H and O–H groups in total. The van der Waals surface area contributed by atoms with Crippen LogP contribution in [0, 0.1) is 5.92 Å². The Morgan fingerprint density at radius 1 is 1.32 bits per heavy atom. The average molecular weight is 389 g/mol. The molecule has 0 aliphatic carbocycles. The van der Waals surface area contributed by atoms with E-state index >= 15 is 0 Å². The van der Waals surface area contributed by atoms with Crippen molar-refractivity contribution in [2.45, 2.75) is 65.7 Å². The third kappa shape index (κ3) is 4.36. The Kier molecular flexibility index (Phi) is 6.36. The number of nitrogens with one attached hydrogen (secondary N) is 1. The molecule has 0 spiro atoms. The number of likely N-dealkylation sites (tertiary alicyclic amines) is 1. The third-order valence-electron chi connectivity index (χ3n) is 5.27. The molecule has 1 saturated heterocycles. The van der Waals surface area contributed by atoms with Gasteiger partial charge in [-0.25, -0.2) is 4.79 Å². The van der Waals surface area contributed by atoms with Gasteiger partial charge < -0.3 is 9.42 Å². The van der Waals surface area contributed by atoms with Gasteiger partial charge in [-0.1, -0.05) is 32.9 Å². The maximum absolute atomic E-state index is 12.9. The highest BCUT2D eigenvalue weighted by atomic mass is 16.5. The summed E-state index contributed by atoms with van der Waals surface area (Å²) >= 11 is 0. The Hall–Kier alpha value is -2.38. The van der Waals surface area contributed by atoms with Crippen LogP contribution in [0.15, 0.2) is 4.52 Å². The van der Waals surface area contributed by atoms with Crippen LogP contribution in [0.2, 0.25) is 0 Å². The molecule has 28 heavy (non-hydrogen) atoms. The van der Waals surface area contributed by atoms with Crippen molar-refractivity contribution in [2.24, 2.45) is 13.0 Å². The van der Waals surface area contributed by atoms with Crippen molar-refractivity contribution in [2.75, 3.05) is 18.4 Å². The van der Waals surface area contributed by atoms with Gasteiger partial charge in [0.25, 0.3) is 0 Å². The summed E-state index contributed by atoms with van der Waals surface area (Å²) in [5.74, 6) is 2.77. The molecule has 0 radical (unpaired) electrons. The lowest BCUT2D eigenvalue weighted by atomic mass is 9.98. The molecule has 1 atom stereocenters. The number of hydrogen-bond acceptors (Lipinski definition) is 5. The first-order valence-corrected chi connectivity index (χ1v) is 10.4. The zero-order valence-corrected chi connectivity index (χ0v) is 17.7. The molecule has 1 aliphatic heterocycles. The third-order valence-corrected chi connectivity index (χ3v) is 5.27. The molecule has 154 valence electrons. The van der Waals surface area contributed by atoms with E-state index in [-0.39, 0.29) is 11.9 Å². The van der Waals surface area contributed by atoms with Crippen LogP contribution in [0.5, 0.6) is 0 Å². The predicted molar refractivity (Wildman–Crippen MR) is 107 cm³/mol. The Bertz CT molecular complexity index is 810. The van der Waals surface area contributed by atoms with Gasteiger partial charge in [0, 0.05) is 32.1 Å². The van der Waals surface area contributed by atoms with Gasteiger partial charge in [-0.2, -0.15) is 10.1 Å². The Morgan fingerprint density at radius 3 is 2.79 bits per heavy atom. The first-order valence-electron chi connectivity index (χ1n) is 10.4. The van der Waals surface area contributed by atoms with Gasteiger partial charge in [0.2, 0.25) is 5.89 Å². The van der Waals surface area contributed by atoms with Crippen molar-refractivity contribution in [3.05, 3.63) is 23.0 Å². The number of carbonyl (C=O) groups excluding carboxylic acids is 1. The van der Waals surface area contributed by atoms with Crippen LogP contribution in [0.1, 0.15) is 69.4 Å². The molecule has 3 heterocycles. The SMILES string of the molecule is CCc1nn(C)c(NC(=O)N2CCCC(c3nc(CC(C)C)no3)C2)c1CC. The molecule has 1 fully saturated rings. The number of aryl methyl sites for hydroxylation is 2. The highest BCUT2D eigenvalue weighted by Crippen LogP contribution is 2.27. The van der Waals surface area contributed by atoms with Gasteiger partial charge in [0.1, 0.15) is 5.82 Å². The standard InChI is InChI=1S/C20H32N6O2/c1-6-15-16(7-2)23-25(5)18(15)22-20(27)26-10-8-9-14(12-26)19-21-17(24-28-19)11-13(3)4/h13-14H,6-12H2,1-5H3,(H,22,27). The first-order chi connectivity index (χ1) is 13.4. The molecule has 2 aromatic rings. The number of urea groups is 1. The van der Waals surface area contributed by atoms with Crippen LogP contribution < -0.4 is 5.32 Å². The van der Waals surface area contributed by atoms with Gasteiger partial charge >= 0.3 is 6.03 Å². The number of piperidine rings is 1. The van der Waals surface area contributed by atoms with Crippen molar-refractivity contribution >= 4 is 11.8 Å². The molecule has 1 aliphatic rings. The fourth-order valence-electron chi connectivity index (χ4n) is 3.86. The van der Waals surface area contributed by atoms with E-state index in [1.54, 1.807) is 4.68 Å². The minimum atomic E-state index is -0.0908. The lowest BCUT2D eigenvalue weighted by Crippen LogP contribution is -2.42. The topological polar surface area (TPSA) is 89.1 Å². The van der Waals surface area contributed by atoms with Crippen molar-refractivity contribution < 1.29 is 9.32 Å². The van der Waals surface area contributed by atoms with E-state index in [4.69, 9.17) is 4.52 Å². The number of carbonyl (C=O) groups is 1. The zero-order chi connectivity index (χ0) is 20.3. The van der Waals surface area contributed by atoms with Gasteiger partial charge in [0.05, 0.1) is 11.6 Å². The number of amides is 2. The second-order valence-electron chi connectivity index (χ2n) is 7.97. The number of nitrogens with zero attached hydrogens (tertiary/aromatic N) is 5. The number of aromatic nitrogens is 4. The summed E-state index contributed by atoms with van der Waals surface area (Å²) in [6.07, 6.45) is 4.39. The molecule has 8 heteroatoms. The van der Waals surface area contributed by atoms with E-state index in [2.05, 4.69) is 48.3 Å². The summed E-state index contributed by atoms with van der Waals surface area (Å²) in [5.41, 5.74) is 2.16. The molecule has 1 unspecified atom stereocenters. The fraction of sp³-hybridized carbons (Fsp3) is 0.700. The van der Waals surface area contributed by atoms with Gasteiger partial charge in [0.15, 0.2) is 5.82 Å². The highest BCUT2D eigenvalue weighted by Gasteiger charge is 2.29. The van der Waals surface area contributed by atoms with Crippen LogP contribution >= 0.6 is 0 Å². The maximum Gasteiger partial charge on any atom is 0.323 e. The van der Waals surface area contributed by atoms with E-state index in [0.717, 1.165) is 61.5 Å². The lowest BCUT2D eigenvalue weighted by Gasteiger charge is -2.31. The van der Waals surface area contributed by atoms with Crippen LogP contribution in [-0.4, -0.2) is 43.9 Å². The quantitative estimate of drug-likeness (QED) is 0.817. The summed E-state index contributed by atoms with van der Waals surface area (Å²) in [5, 5.41) is 11.7. The fourth-order valence-corrected chi connectivity index (χ4v) is 3.86. The van der Waals surface area contributed by atoms with E-state index in [1.807, 2.05) is 11.9 Å². The molecule has 2 amide bonds. The summed E-state index contributed by atoms with van der Waals surface area (Å²) in [6, 6.07) is -0.0908. The monoisotopic (exact) mass is 388 g/mol. The molecular weight excluding hydrogens is 356 g/mol. The van der Waals surface area contributed by atoms with E-state index in [0.29, 0.717) is 18.4 Å². The number of anilines is 1. The minimum Gasteiger partial charge on any atom is -0.339 e. The Labute approximate surface area is 166 Å². The number of rotatable bonds is 6. The molecule has 0 saturated carbocycles. The maximum atomic E-state index is 12.9. The molecule has 0 bridgehead atoms. The molecule has 0 aromatic carbocycles. The molecule has 2 aromatic heterocycles. The summed E-state index contributed by atoms with van der Waals surface area (Å²) in [4.78, 5) is 19.3. The van der Waals surface area contributed by atoms with E-state index in [9.17, 15) is 4.79 Å². The molecule has 8 nitrogen and oxygen atoms in total. The highest BCUT2D eigenvalue weighted by molar-refractivity contribution is 5.89. The Morgan fingerprint density at radius 2 is 2.11 bits per heavy atom. The van der Waals surface area contributed by atoms with Gasteiger partial charge in [-0.15, -0.1) is 0 Å². The van der Waals surface area contributed by atoms with Crippen LogP contribution in [0.25, 0.3) is 0 Å². The largest absolute Gasteiger partial charge is 0.339 e. The average Bonchev–Trinajstić information content (AvgIpc) is 3.25. The Balaban J connectivity index is 1.68. The van der Waals surface area contributed by atoms with Crippen LogP contribution in [0.3, 0.4) is 0 Å². The van der Waals surface area contributed by atoms with E-state index in [1.165, 1.54) is 0 Å². The van der Waals surface area contributed by atoms with Crippen LogP contribution in [-0.2, 0) is 26.3 Å².